The average molecular weight is 348 g/mol. The van der Waals surface area contributed by atoms with E-state index in [2.05, 4.69) is 54.7 Å². The fraction of sp³-hybridized carbons (Fsp3) is 0.435. The summed E-state index contributed by atoms with van der Waals surface area (Å²) in [4.78, 5) is 13.2. The summed E-state index contributed by atoms with van der Waals surface area (Å²) in [6, 6.07) is 19.1. The number of rotatable bonds is 4. The summed E-state index contributed by atoms with van der Waals surface area (Å²) in [5, 5.41) is 3.33. The number of benzene rings is 2. The minimum absolute atomic E-state index is 0.0184. The zero-order valence-corrected chi connectivity index (χ0v) is 15.5. The van der Waals surface area contributed by atoms with E-state index in [1.807, 2.05) is 12.1 Å². The molecular formula is C23H28N2O. The highest BCUT2D eigenvalue weighted by atomic mass is 16.2. The van der Waals surface area contributed by atoms with Crippen LogP contribution in [0.3, 0.4) is 0 Å². The Labute approximate surface area is 156 Å². The van der Waals surface area contributed by atoms with Crippen molar-refractivity contribution in [1.29, 1.82) is 0 Å². The van der Waals surface area contributed by atoms with Crippen LogP contribution in [-0.2, 0) is 22.0 Å². The summed E-state index contributed by atoms with van der Waals surface area (Å²) in [6.07, 6.45) is 4.92. The molecule has 0 aliphatic heterocycles. The molecule has 0 saturated heterocycles. The van der Waals surface area contributed by atoms with Gasteiger partial charge in [0.25, 0.3) is 0 Å². The second kappa shape index (κ2) is 6.55. The lowest BCUT2D eigenvalue weighted by Crippen LogP contribution is -2.59. The molecule has 1 unspecified atom stereocenters. The van der Waals surface area contributed by atoms with Crippen LogP contribution in [0.15, 0.2) is 54.6 Å². The van der Waals surface area contributed by atoms with Crippen molar-refractivity contribution >= 4 is 5.91 Å². The monoisotopic (exact) mass is 348 g/mol. The third-order valence-electron chi connectivity index (χ3n) is 6.62. The maximum absolute atomic E-state index is 13.2. The number of nitrogens with one attached hydrogen (secondary N) is 1. The highest BCUT2D eigenvalue weighted by Gasteiger charge is 2.47. The highest BCUT2D eigenvalue weighted by Crippen LogP contribution is 2.44. The standard InChI is InChI=1S/C23H28N2O/c1-22(13-7-9-17-8-5-6-12-20(17)22)21(26)25-19-14-23(15-19,16-24)18-10-3-2-4-11-18/h2-6,8,10-12,19H,7,9,13-16,24H2,1H3,(H,25,26). The molecule has 0 bridgehead atoms. The summed E-state index contributed by atoms with van der Waals surface area (Å²) in [5.41, 5.74) is 9.54. The number of hydrogen-bond donors (Lipinski definition) is 2. The molecule has 1 fully saturated rings. The van der Waals surface area contributed by atoms with Crippen LogP contribution in [0.5, 0.6) is 0 Å². The van der Waals surface area contributed by atoms with Crippen molar-refractivity contribution in [1.82, 2.24) is 5.32 Å². The molecule has 2 aromatic carbocycles. The van der Waals surface area contributed by atoms with Gasteiger partial charge >= 0.3 is 0 Å². The average Bonchev–Trinajstić information content (AvgIpc) is 2.65. The van der Waals surface area contributed by atoms with Gasteiger partial charge in [0.2, 0.25) is 5.91 Å². The van der Waals surface area contributed by atoms with Crippen molar-refractivity contribution in [2.45, 2.75) is 55.9 Å². The van der Waals surface area contributed by atoms with Gasteiger partial charge in [-0.3, -0.25) is 4.79 Å². The van der Waals surface area contributed by atoms with Gasteiger partial charge in [-0.2, -0.15) is 0 Å². The molecule has 0 aromatic heterocycles. The second-order valence-electron chi connectivity index (χ2n) is 8.27. The smallest absolute Gasteiger partial charge is 0.230 e. The van der Waals surface area contributed by atoms with Crippen molar-refractivity contribution in [2.24, 2.45) is 5.73 Å². The number of hydrogen-bond acceptors (Lipinski definition) is 2. The Kier molecular flexibility index (Phi) is 4.36. The van der Waals surface area contributed by atoms with Crippen molar-refractivity contribution in [3.63, 3.8) is 0 Å². The van der Waals surface area contributed by atoms with Gasteiger partial charge in [-0.25, -0.2) is 0 Å². The quantitative estimate of drug-likeness (QED) is 0.889. The maximum Gasteiger partial charge on any atom is 0.230 e. The van der Waals surface area contributed by atoms with Crippen LogP contribution < -0.4 is 11.1 Å². The van der Waals surface area contributed by atoms with Gasteiger partial charge in [-0.05, 0) is 55.7 Å². The molecule has 2 aliphatic carbocycles. The molecule has 3 N–H and O–H groups in total. The van der Waals surface area contributed by atoms with E-state index in [-0.39, 0.29) is 17.4 Å². The first kappa shape index (κ1) is 17.3. The second-order valence-corrected chi connectivity index (χ2v) is 8.27. The van der Waals surface area contributed by atoms with E-state index >= 15 is 0 Å². The SMILES string of the molecule is CC1(C(=O)NC2CC(CN)(c3ccccc3)C2)CCCc2ccccc21. The van der Waals surface area contributed by atoms with E-state index < -0.39 is 5.41 Å². The Bertz CT molecular complexity index is 795. The Morgan fingerprint density at radius 2 is 1.81 bits per heavy atom. The van der Waals surface area contributed by atoms with Crippen LogP contribution in [-0.4, -0.2) is 18.5 Å². The third kappa shape index (κ3) is 2.75. The lowest BCUT2D eigenvalue weighted by Gasteiger charge is -2.49. The largest absolute Gasteiger partial charge is 0.353 e. The first-order valence-corrected chi connectivity index (χ1v) is 9.72. The Morgan fingerprint density at radius 3 is 2.54 bits per heavy atom. The van der Waals surface area contributed by atoms with Crippen molar-refractivity contribution < 1.29 is 4.79 Å². The van der Waals surface area contributed by atoms with Crippen LogP contribution in [0.4, 0.5) is 0 Å². The first-order valence-electron chi connectivity index (χ1n) is 9.72. The predicted molar refractivity (Wildman–Crippen MR) is 105 cm³/mol. The van der Waals surface area contributed by atoms with E-state index in [0.29, 0.717) is 6.54 Å². The topological polar surface area (TPSA) is 55.1 Å². The number of aryl methyl sites for hydroxylation is 1. The van der Waals surface area contributed by atoms with E-state index in [0.717, 1.165) is 32.1 Å². The summed E-state index contributed by atoms with van der Waals surface area (Å²) < 4.78 is 0. The van der Waals surface area contributed by atoms with Gasteiger partial charge < -0.3 is 11.1 Å². The van der Waals surface area contributed by atoms with Gasteiger partial charge in [-0.1, -0.05) is 54.6 Å². The third-order valence-corrected chi connectivity index (χ3v) is 6.62. The molecule has 136 valence electrons. The molecule has 0 radical (unpaired) electrons. The summed E-state index contributed by atoms with van der Waals surface area (Å²) >= 11 is 0. The Morgan fingerprint density at radius 1 is 1.12 bits per heavy atom. The van der Waals surface area contributed by atoms with Crippen molar-refractivity contribution in [3.05, 3.63) is 71.3 Å². The molecule has 3 heteroatoms. The van der Waals surface area contributed by atoms with Crippen LogP contribution >= 0.6 is 0 Å². The fourth-order valence-electron chi connectivity index (χ4n) is 4.92. The molecule has 1 atom stereocenters. The Hall–Kier alpha value is -2.13. The maximum atomic E-state index is 13.2. The first-order chi connectivity index (χ1) is 12.6. The van der Waals surface area contributed by atoms with Crippen LogP contribution in [0.25, 0.3) is 0 Å². The number of fused-ring (bicyclic) bond motifs is 1. The summed E-state index contributed by atoms with van der Waals surface area (Å²) in [7, 11) is 0. The van der Waals surface area contributed by atoms with Crippen LogP contribution in [0.2, 0.25) is 0 Å². The summed E-state index contributed by atoms with van der Waals surface area (Å²) in [6.45, 7) is 2.73. The molecular weight excluding hydrogens is 320 g/mol. The zero-order chi connectivity index (χ0) is 18.2. The number of amides is 1. The lowest BCUT2D eigenvalue weighted by atomic mass is 9.61. The molecule has 0 heterocycles. The lowest BCUT2D eigenvalue weighted by molar-refractivity contribution is -0.128. The van der Waals surface area contributed by atoms with Crippen molar-refractivity contribution in [3.8, 4) is 0 Å². The van der Waals surface area contributed by atoms with E-state index in [9.17, 15) is 4.79 Å². The molecule has 2 aromatic rings. The highest BCUT2D eigenvalue weighted by molar-refractivity contribution is 5.89. The summed E-state index contributed by atoms with van der Waals surface area (Å²) in [5.74, 6) is 0.174. The minimum Gasteiger partial charge on any atom is -0.353 e. The van der Waals surface area contributed by atoms with Gasteiger partial charge in [0, 0.05) is 18.0 Å². The Balaban J connectivity index is 1.47. The molecule has 4 rings (SSSR count). The fourth-order valence-corrected chi connectivity index (χ4v) is 4.92. The molecule has 1 amide bonds. The zero-order valence-electron chi connectivity index (χ0n) is 15.5. The number of carbonyl (C=O) groups excluding carboxylic acids is 1. The van der Waals surface area contributed by atoms with Crippen LogP contribution in [0.1, 0.15) is 49.3 Å². The van der Waals surface area contributed by atoms with Crippen molar-refractivity contribution in [2.75, 3.05) is 6.54 Å². The predicted octanol–water partition coefficient (Wildman–Crippen LogP) is 3.46. The van der Waals surface area contributed by atoms with E-state index in [1.165, 1.54) is 16.7 Å². The van der Waals surface area contributed by atoms with Gasteiger partial charge in [0.15, 0.2) is 0 Å². The normalized spacial score (nSPS) is 30.2. The molecule has 2 aliphatic rings. The number of nitrogens with two attached hydrogens (primary N) is 1. The number of carbonyl (C=O) groups is 1. The van der Waals surface area contributed by atoms with E-state index in [4.69, 9.17) is 5.73 Å². The molecule has 0 spiro atoms. The van der Waals surface area contributed by atoms with Gasteiger partial charge in [0.05, 0.1) is 5.41 Å². The van der Waals surface area contributed by atoms with Gasteiger partial charge in [-0.15, -0.1) is 0 Å². The molecule has 1 saturated carbocycles. The minimum atomic E-state index is -0.414. The van der Waals surface area contributed by atoms with Gasteiger partial charge in [0.1, 0.15) is 0 Å². The molecule has 26 heavy (non-hydrogen) atoms. The van der Waals surface area contributed by atoms with Crippen LogP contribution in [0, 0.1) is 0 Å². The molecule has 3 nitrogen and oxygen atoms in total. The van der Waals surface area contributed by atoms with E-state index in [1.54, 1.807) is 0 Å².